The Kier molecular flexibility index (Phi) is 8.00. The summed E-state index contributed by atoms with van der Waals surface area (Å²) >= 11 is 0. The van der Waals surface area contributed by atoms with Crippen LogP contribution in [0.25, 0.3) is 0 Å². The second kappa shape index (κ2) is 9.01. The Morgan fingerprint density at radius 3 is 2.04 bits per heavy atom. The molecule has 0 saturated heterocycles. The smallest absolute Gasteiger partial charge is 0.242 e. The number of rotatable bonds is 10. The lowest BCUT2D eigenvalue weighted by atomic mass is 10.1. The van der Waals surface area contributed by atoms with Crippen molar-refractivity contribution >= 4 is 16.6 Å². The molecule has 0 saturated carbocycles. The lowest BCUT2D eigenvalue weighted by Crippen LogP contribution is -2.33. The molecule has 1 unspecified atom stereocenters. The Bertz CT molecular complexity index is 450. The largest absolute Gasteiger partial charge is 0.544 e. The van der Waals surface area contributed by atoms with Gasteiger partial charge in [0.15, 0.2) is 8.32 Å². The molecule has 3 nitrogen and oxygen atoms in total. The number of unbranched alkanes of at least 4 members (excludes halogenated alkanes) is 1. The Balaban J connectivity index is 2.76. The molecule has 1 N–H and O–H groups in total. The van der Waals surface area contributed by atoms with Crippen molar-refractivity contribution in [2.24, 2.45) is 0 Å². The first-order chi connectivity index (χ1) is 10.6. The lowest BCUT2D eigenvalue weighted by Gasteiger charge is -2.27. The van der Waals surface area contributed by atoms with Gasteiger partial charge in [0.2, 0.25) is 8.32 Å². The van der Waals surface area contributed by atoms with E-state index in [9.17, 15) is 0 Å². The van der Waals surface area contributed by atoms with Gasteiger partial charge in [-0.3, -0.25) is 0 Å². The molecule has 1 aromatic rings. The molecule has 132 valence electrons. The first-order valence-corrected chi connectivity index (χ1v) is 15.6. The summed E-state index contributed by atoms with van der Waals surface area (Å²) in [6.07, 6.45) is 2.55. The molecular weight excluding hydrogens is 318 g/mol. The first kappa shape index (κ1) is 20.4. The summed E-state index contributed by atoms with van der Waals surface area (Å²) in [5.41, 5.74) is 1.24. The van der Waals surface area contributed by atoms with Crippen LogP contribution in [-0.2, 0) is 4.43 Å². The predicted molar refractivity (Wildman–Crippen MR) is 105 cm³/mol. The number of benzene rings is 1. The van der Waals surface area contributed by atoms with Crippen LogP contribution in [0.4, 0.5) is 0 Å². The lowest BCUT2D eigenvalue weighted by molar-refractivity contribution is 0.194. The Labute approximate surface area is 145 Å². The van der Waals surface area contributed by atoms with E-state index in [2.05, 4.69) is 75.8 Å². The van der Waals surface area contributed by atoms with Gasteiger partial charge in [0.05, 0.1) is 6.10 Å². The normalized spacial score (nSPS) is 13.9. The predicted octanol–water partition coefficient (Wildman–Crippen LogP) is 5.18. The monoisotopic (exact) mass is 353 g/mol. The highest BCUT2D eigenvalue weighted by molar-refractivity contribution is 6.70. The summed E-state index contributed by atoms with van der Waals surface area (Å²) in [7, 11) is -3.14. The maximum Gasteiger partial charge on any atom is 0.242 e. The zero-order valence-corrected chi connectivity index (χ0v) is 18.0. The highest BCUT2D eigenvalue weighted by Crippen LogP contribution is 2.25. The second-order valence-corrected chi connectivity index (χ2v) is 16.9. The van der Waals surface area contributed by atoms with Crippen LogP contribution >= 0.6 is 0 Å². The summed E-state index contributed by atoms with van der Waals surface area (Å²) in [5.74, 6) is 0.971. The quantitative estimate of drug-likeness (QED) is 0.464. The molecular formula is C18H35NO2Si2. The van der Waals surface area contributed by atoms with Crippen molar-refractivity contribution in [3.63, 3.8) is 0 Å². The molecule has 0 aliphatic carbocycles. The molecule has 5 heteroatoms. The fourth-order valence-corrected chi connectivity index (χ4v) is 4.21. The Hall–Kier alpha value is -0.626. The standard InChI is InChI=1S/C18H35NO2Si2/c1-8-9-14-19-15-18(21-23(5,6)7)16-10-12-17(13-11-16)20-22(2,3)4/h10-13,18-19H,8-9,14-15H2,1-7H3. The molecule has 0 aliphatic rings. The van der Waals surface area contributed by atoms with Gasteiger partial charge in [-0.15, -0.1) is 0 Å². The molecule has 0 amide bonds. The summed E-state index contributed by atoms with van der Waals surface area (Å²) in [4.78, 5) is 0. The highest BCUT2D eigenvalue weighted by atomic mass is 28.4. The third kappa shape index (κ3) is 9.30. The minimum Gasteiger partial charge on any atom is -0.544 e. The van der Waals surface area contributed by atoms with Gasteiger partial charge >= 0.3 is 0 Å². The summed E-state index contributed by atoms with van der Waals surface area (Å²) in [6, 6.07) is 8.48. The van der Waals surface area contributed by atoms with Crippen LogP contribution in [-0.4, -0.2) is 29.7 Å². The highest BCUT2D eigenvalue weighted by Gasteiger charge is 2.22. The van der Waals surface area contributed by atoms with E-state index in [0.717, 1.165) is 18.8 Å². The number of hydrogen-bond acceptors (Lipinski definition) is 3. The van der Waals surface area contributed by atoms with E-state index in [1.165, 1.54) is 18.4 Å². The molecule has 0 spiro atoms. The maximum absolute atomic E-state index is 6.39. The molecule has 1 aromatic carbocycles. The fourth-order valence-electron chi connectivity index (χ4n) is 2.29. The van der Waals surface area contributed by atoms with Crippen molar-refractivity contribution in [3.8, 4) is 5.75 Å². The minimum atomic E-state index is -1.59. The Morgan fingerprint density at radius 2 is 1.57 bits per heavy atom. The molecule has 23 heavy (non-hydrogen) atoms. The zero-order chi connectivity index (χ0) is 17.5. The number of hydrogen-bond donors (Lipinski definition) is 1. The van der Waals surface area contributed by atoms with E-state index < -0.39 is 16.6 Å². The first-order valence-electron chi connectivity index (χ1n) is 8.78. The average Bonchev–Trinajstić information content (AvgIpc) is 2.40. The van der Waals surface area contributed by atoms with Crippen LogP contribution in [0.5, 0.6) is 5.75 Å². The third-order valence-corrected chi connectivity index (χ3v) is 5.05. The second-order valence-electron chi connectivity index (χ2n) is 8.06. The van der Waals surface area contributed by atoms with Gasteiger partial charge in [0, 0.05) is 6.54 Å². The van der Waals surface area contributed by atoms with Crippen LogP contribution in [0.3, 0.4) is 0 Å². The van der Waals surface area contributed by atoms with Gasteiger partial charge in [-0.25, -0.2) is 0 Å². The van der Waals surface area contributed by atoms with E-state index in [-0.39, 0.29) is 6.10 Å². The Morgan fingerprint density at radius 1 is 0.957 bits per heavy atom. The van der Waals surface area contributed by atoms with Crippen LogP contribution in [0, 0.1) is 0 Å². The summed E-state index contributed by atoms with van der Waals surface area (Å²) in [5, 5.41) is 3.53. The van der Waals surface area contributed by atoms with Crippen LogP contribution in [0.2, 0.25) is 39.3 Å². The summed E-state index contributed by atoms with van der Waals surface area (Å²) < 4.78 is 12.4. The van der Waals surface area contributed by atoms with Crippen molar-refractivity contribution in [1.82, 2.24) is 5.32 Å². The van der Waals surface area contributed by atoms with Crippen molar-refractivity contribution in [2.75, 3.05) is 13.1 Å². The molecule has 0 heterocycles. The van der Waals surface area contributed by atoms with Gasteiger partial charge in [-0.1, -0.05) is 25.5 Å². The van der Waals surface area contributed by atoms with E-state index in [4.69, 9.17) is 8.85 Å². The maximum atomic E-state index is 6.39. The van der Waals surface area contributed by atoms with Crippen LogP contribution < -0.4 is 9.74 Å². The van der Waals surface area contributed by atoms with Gasteiger partial charge < -0.3 is 14.2 Å². The zero-order valence-electron chi connectivity index (χ0n) is 16.0. The average molecular weight is 354 g/mol. The molecule has 1 rings (SSSR count). The number of nitrogens with one attached hydrogen (secondary N) is 1. The SMILES string of the molecule is CCCCNCC(O[Si](C)(C)C)c1ccc(O[Si](C)(C)C)cc1. The van der Waals surface area contributed by atoms with Crippen molar-refractivity contribution in [3.05, 3.63) is 29.8 Å². The molecule has 0 radical (unpaired) electrons. The molecule has 0 aliphatic heterocycles. The van der Waals surface area contributed by atoms with Crippen LogP contribution in [0.1, 0.15) is 31.4 Å². The third-order valence-electron chi connectivity index (χ3n) is 3.21. The van der Waals surface area contributed by atoms with Crippen molar-refractivity contribution < 1.29 is 8.85 Å². The van der Waals surface area contributed by atoms with Crippen molar-refractivity contribution in [2.45, 2.75) is 65.2 Å². The summed E-state index contributed by atoms with van der Waals surface area (Å²) in [6.45, 7) is 17.5. The van der Waals surface area contributed by atoms with E-state index >= 15 is 0 Å². The minimum absolute atomic E-state index is 0.124. The van der Waals surface area contributed by atoms with Gasteiger partial charge in [0.1, 0.15) is 5.75 Å². The van der Waals surface area contributed by atoms with Gasteiger partial charge in [-0.2, -0.15) is 0 Å². The van der Waals surface area contributed by atoms with Crippen molar-refractivity contribution in [1.29, 1.82) is 0 Å². The van der Waals surface area contributed by atoms with E-state index in [1.807, 2.05) is 0 Å². The molecule has 0 aromatic heterocycles. The molecule has 1 atom stereocenters. The van der Waals surface area contributed by atoms with Crippen LogP contribution in [0.15, 0.2) is 24.3 Å². The van der Waals surface area contributed by atoms with Gasteiger partial charge in [-0.05, 0) is 69.9 Å². The molecule has 0 bridgehead atoms. The topological polar surface area (TPSA) is 30.5 Å². The molecule has 0 fully saturated rings. The van der Waals surface area contributed by atoms with E-state index in [1.54, 1.807) is 0 Å². The van der Waals surface area contributed by atoms with E-state index in [0.29, 0.717) is 0 Å². The van der Waals surface area contributed by atoms with Gasteiger partial charge in [0.25, 0.3) is 0 Å². The fraction of sp³-hybridized carbons (Fsp3) is 0.667.